The summed E-state index contributed by atoms with van der Waals surface area (Å²) in [6, 6.07) is 0. The average Bonchev–Trinajstić information content (AvgIpc) is 3.07. The van der Waals surface area contributed by atoms with Crippen LogP contribution in [0, 0.1) is 5.92 Å². The van der Waals surface area contributed by atoms with Gasteiger partial charge in [-0.15, -0.1) is 0 Å². The Bertz CT molecular complexity index is 1090. The molecule has 0 saturated carbocycles. The number of carboxylic acid groups (broad SMARTS) is 2. The number of carboxylic acids is 2. The topological polar surface area (TPSA) is 74.6 Å². The van der Waals surface area contributed by atoms with Gasteiger partial charge in [-0.2, -0.15) is 0 Å². The Morgan fingerprint density at radius 3 is 1.31 bits per heavy atom. The molecule has 0 bridgehead atoms. The Morgan fingerprint density at radius 2 is 0.833 bits per heavy atom. The van der Waals surface area contributed by atoms with Crippen molar-refractivity contribution in [3.8, 4) is 0 Å². The third-order valence-electron chi connectivity index (χ3n) is 7.97. The lowest BCUT2D eigenvalue weighted by Gasteiger charge is -2.17. The molecule has 1 atom stereocenters. The first-order valence-electron chi connectivity index (χ1n) is 18.7. The summed E-state index contributed by atoms with van der Waals surface area (Å²) in [5.41, 5.74) is 0.517. The van der Waals surface area contributed by atoms with Gasteiger partial charge in [0.15, 0.2) is 0 Å². The summed E-state index contributed by atoms with van der Waals surface area (Å²) in [5, 5.41) is 18.6. The van der Waals surface area contributed by atoms with E-state index >= 15 is 0 Å². The molecular weight excluding hydrogens is 592 g/mol. The molecule has 0 amide bonds. The molecule has 0 fully saturated rings. The van der Waals surface area contributed by atoms with Gasteiger partial charge in [-0.05, 0) is 44.4 Å². The van der Waals surface area contributed by atoms with Gasteiger partial charge in [0.1, 0.15) is 0 Å². The third-order valence-corrected chi connectivity index (χ3v) is 7.97. The van der Waals surface area contributed by atoms with E-state index in [9.17, 15) is 14.7 Å². The number of hydrogen-bond acceptors (Lipinski definition) is 2. The third kappa shape index (κ3) is 32.3. The second-order valence-electron chi connectivity index (χ2n) is 12.2. The van der Waals surface area contributed by atoms with Gasteiger partial charge < -0.3 is 10.2 Å². The van der Waals surface area contributed by atoms with Crippen LogP contribution in [0.1, 0.15) is 136 Å². The Kier molecular flexibility index (Phi) is 33.4. The van der Waals surface area contributed by atoms with E-state index in [0.717, 1.165) is 57.4 Å². The van der Waals surface area contributed by atoms with Crippen LogP contribution in [0.15, 0.2) is 121 Å². The van der Waals surface area contributed by atoms with E-state index in [-0.39, 0.29) is 5.92 Å². The number of rotatable bonds is 31. The largest absolute Gasteiger partial charge is 0.478 e. The first-order valence-corrected chi connectivity index (χ1v) is 18.7. The van der Waals surface area contributed by atoms with Gasteiger partial charge in [0.05, 0.1) is 0 Å². The van der Waals surface area contributed by atoms with Crippen LogP contribution in [0.2, 0.25) is 0 Å². The lowest BCUT2D eigenvalue weighted by atomic mass is 9.87. The maximum absolute atomic E-state index is 12.2. The van der Waals surface area contributed by atoms with Crippen LogP contribution in [0.25, 0.3) is 0 Å². The van der Waals surface area contributed by atoms with E-state index in [1.165, 1.54) is 76.7 Å². The van der Waals surface area contributed by atoms with Gasteiger partial charge in [-0.3, -0.25) is 0 Å². The predicted octanol–water partition coefficient (Wildman–Crippen LogP) is 13.2. The fraction of sp³-hybridized carbons (Fsp3) is 0.500. The van der Waals surface area contributed by atoms with Crippen molar-refractivity contribution in [3.05, 3.63) is 121 Å². The Hall–Kier alpha value is -3.66. The number of allylic oxidation sites excluding steroid dienone is 18. The van der Waals surface area contributed by atoms with Crippen LogP contribution in [0.5, 0.6) is 0 Å². The lowest BCUT2D eigenvalue weighted by molar-refractivity contribution is -0.133. The predicted molar refractivity (Wildman–Crippen MR) is 208 cm³/mol. The van der Waals surface area contributed by atoms with E-state index in [1.807, 2.05) is 60.8 Å². The van der Waals surface area contributed by atoms with Gasteiger partial charge in [-0.1, -0.05) is 207 Å². The summed E-state index contributed by atoms with van der Waals surface area (Å²) in [6.45, 7) is 4.46. The zero-order valence-corrected chi connectivity index (χ0v) is 30.2. The van der Waals surface area contributed by atoms with Crippen molar-refractivity contribution >= 4 is 11.9 Å². The molecule has 0 radical (unpaired) electrons. The van der Waals surface area contributed by atoms with Crippen LogP contribution < -0.4 is 0 Å². The number of unbranched alkanes of at least 4 members (excludes halogenated alkanes) is 14. The molecule has 0 heterocycles. The molecule has 0 aliphatic carbocycles. The van der Waals surface area contributed by atoms with Gasteiger partial charge in [0, 0.05) is 11.6 Å². The van der Waals surface area contributed by atoms with E-state index in [1.54, 1.807) is 18.2 Å². The average molecular weight is 659 g/mol. The Balaban J connectivity index is 4.64. The van der Waals surface area contributed by atoms with E-state index in [2.05, 4.69) is 38.2 Å². The number of carbonyl (C=O) groups is 2. The normalized spacial score (nSPS) is 14.0. The molecule has 48 heavy (non-hydrogen) atoms. The van der Waals surface area contributed by atoms with Crippen molar-refractivity contribution in [2.75, 3.05) is 0 Å². The smallest absolute Gasteiger partial charge is 0.331 e. The van der Waals surface area contributed by atoms with Crippen LogP contribution in [-0.2, 0) is 9.59 Å². The van der Waals surface area contributed by atoms with Crippen molar-refractivity contribution in [3.63, 3.8) is 0 Å². The first kappa shape index (κ1) is 44.3. The maximum Gasteiger partial charge on any atom is 0.331 e. The monoisotopic (exact) mass is 658 g/mol. The molecule has 0 aliphatic heterocycles. The van der Waals surface area contributed by atoms with E-state index in [0.29, 0.717) is 5.57 Å². The minimum Gasteiger partial charge on any atom is -0.478 e. The Labute approximate surface area is 293 Å². The summed E-state index contributed by atoms with van der Waals surface area (Å²) < 4.78 is 0. The van der Waals surface area contributed by atoms with Gasteiger partial charge in [0.25, 0.3) is 0 Å². The summed E-state index contributed by atoms with van der Waals surface area (Å²) in [5.74, 6) is -1.71. The van der Waals surface area contributed by atoms with E-state index in [4.69, 9.17) is 5.11 Å². The molecule has 0 aromatic carbocycles. The molecule has 0 rings (SSSR count). The summed E-state index contributed by atoms with van der Waals surface area (Å²) in [6.07, 6.45) is 58.4. The molecule has 0 aliphatic rings. The molecule has 0 saturated heterocycles. The van der Waals surface area contributed by atoms with Gasteiger partial charge >= 0.3 is 11.9 Å². The van der Waals surface area contributed by atoms with Gasteiger partial charge in [0.2, 0.25) is 0 Å². The highest BCUT2D eigenvalue weighted by Crippen LogP contribution is 2.26. The van der Waals surface area contributed by atoms with Crippen molar-refractivity contribution < 1.29 is 19.8 Å². The zero-order chi connectivity index (χ0) is 35.2. The molecule has 4 heteroatoms. The highest BCUT2D eigenvalue weighted by atomic mass is 16.4. The fourth-order valence-corrected chi connectivity index (χ4v) is 5.23. The lowest BCUT2D eigenvalue weighted by Crippen LogP contribution is -2.13. The second kappa shape index (κ2) is 36.2. The summed E-state index contributed by atoms with van der Waals surface area (Å²) >= 11 is 0. The highest BCUT2D eigenvalue weighted by molar-refractivity contribution is 5.87. The highest BCUT2D eigenvalue weighted by Gasteiger charge is 2.19. The Morgan fingerprint density at radius 1 is 0.458 bits per heavy atom. The van der Waals surface area contributed by atoms with E-state index < -0.39 is 11.9 Å². The van der Waals surface area contributed by atoms with Crippen molar-refractivity contribution in [2.45, 2.75) is 136 Å². The molecular formula is C44H66O4. The fourth-order valence-electron chi connectivity index (χ4n) is 5.23. The molecule has 4 nitrogen and oxygen atoms in total. The van der Waals surface area contributed by atoms with Crippen LogP contribution in [0.3, 0.4) is 0 Å². The maximum atomic E-state index is 12.2. The van der Waals surface area contributed by atoms with Crippen molar-refractivity contribution in [2.24, 2.45) is 5.92 Å². The quantitative estimate of drug-likeness (QED) is 0.0441. The standard InChI is InChI=1S/C44H66O4/c1-3-5-7-9-10-11-12-13-14-15-16-17-18-22-25-28-31-35-39-42(44(47)48)41(37-33-8-6-4-2)38-34-30-27-24-21-19-20-23-26-29-32-36-40-43(45)46/h16-26,28-29,31-32,35-36,39-41H,3-15,27,30,33-34,37-38H2,1-2H3,(H,45,46)(H,47,48). The number of hydrogen-bond donors (Lipinski definition) is 2. The van der Waals surface area contributed by atoms with Crippen molar-refractivity contribution in [1.29, 1.82) is 0 Å². The molecule has 0 aromatic rings. The first-order chi connectivity index (χ1) is 23.5. The summed E-state index contributed by atoms with van der Waals surface area (Å²) in [7, 11) is 0. The molecule has 1 unspecified atom stereocenters. The van der Waals surface area contributed by atoms with Gasteiger partial charge in [-0.25, -0.2) is 9.59 Å². The zero-order valence-electron chi connectivity index (χ0n) is 30.2. The SMILES string of the molecule is CCCCCCCCCCCC=CC=CC=CC=CC=C(C(=O)O)C(CCCCC=CC=CC=CC=CC=CC(=O)O)CCCCCC. The van der Waals surface area contributed by atoms with Crippen LogP contribution in [-0.4, -0.2) is 22.2 Å². The minimum atomic E-state index is -0.961. The second-order valence-corrected chi connectivity index (χ2v) is 12.2. The molecule has 0 spiro atoms. The molecule has 0 aromatic heterocycles. The summed E-state index contributed by atoms with van der Waals surface area (Å²) in [4.78, 5) is 22.6. The molecule has 2 N–H and O–H groups in total. The number of aliphatic carboxylic acids is 2. The minimum absolute atomic E-state index is 0.0659. The van der Waals surface area contributed by atoms with Crippen molar-refractivity contribution in [1.82, 2.24) is 0 Å². The van der Waals surface area contributed by atoms with Crippen LogP contribution >= 0.6 is 0 Å². The van der Waals surface area contributed by atoms with Crippen LogP contribution in [0.4, 0.5) is 0 Å². The molecule has 266 valence electrons.